The highest BCUT2D eigenvalue weighted by atomic mass is 127. The summed E-state index contributed by atoms with van der Waals surface area (Å²) in [6.45, 7) is 6.39. The van der Waals surface area contributed by atoms with E-state index in [4.69, 9.17) is 0 Å². The maximum Gasteiger partial charge on any atom is 0.191 e. The van der Waals surface area contributed by atoms with Gasteiger partial charge >= 0.3 is 0 Å². The normalized spacial score (nSPS) is 12.4. The van der Waals surface area contributed by atoms with Gasteiger partial charge in [0, 0.05) is 28.8 Å². The summed E-state index contributed by atoms with van der Waals surface area (Å²) in [5.41, 5.74) is 1.13. The molecule has 6 heteroatoms. The van der Waals surface area contributed by atoms with Crippen molar-refractivity contribution in [3.63, 3.8) is 0 Å². The second kappa shape index (κ2) is 11.4. The maximum absolute atomic E-state index is 9.63. The Hall–Kier alpha value is -1.12. The van der Waals surface area contributed by atoms with Crippen LogP contribution in [0.25, 0.3) is 0 Å². The van der Waals surface area contributed by atoms with Crippen LogP contribution in [0.5, 0.6) is 0 Å². The molecule has 0 bridgehead atoms. The third kappa shape index (κ3) is 6.78. The molecule has 1 aromatic heterocycles. The number of rotatable bonds is 7. The lowest BCUT2D eigenvalue weighted by Crippen LogP contribution is -2.39. The molecule has 2 aromatic rings. The van der Waals surface area contributed by atoms with E-state index in [0.717, 1.165) is 18.1 Å². The van der Waals surface area contributed by atoms with Crippen LogP contribution in [0.3, 0.4) is 0 Å². The quantitative estimate of drug-likeness (QED) is 0.338. The third-order valence-electron chi connectivity index (χ3n) is 3.54. The lowest BCUT2D eigenvalue weighted by molar-refractivity contribution is 0.265. The second-order valence-corrected chi connectivity index (χ2v) is 6.75. The average molecular weight is 459 g/mol. The van der Waals surface area contributed by atoms with E-state index in [2.05, 4.69) is 34.7 Å². The van der Waals surface area contributed by atoms with Gasteiger partial charge in [-0.25, -0.2) is 4.99 Å². The van der Waals surface area contributed by atoms with Crippen molar-refractivity contribution in [1.29, 1.82) is 0 Å². The van der Waals surface area contributed by atoms with Crippen LogP contribution >= 0.6 is 35.3 Å². The van der Waals surface area contributed by atoms with E-state index in [1.165, 1.54) is 9.75 Å². The van der Waals surface area contributed by atoms with Gasteiger partial charge < -0.3 is 15.7 Å². The molecule has 0 aliphatic heterocycles. The van der Waals surface area contributed by atoms with Crippen molar-refractivity contribution in [2.75, 3.05) is 19.7 Å². The van der Waals surface area contributed by atoms with Crippen LogP contribution in [0.4, 0.5) is 0 Å². The Morgan fingerprint density at radius 1 is 1.17 bits per heavy atom. The number of aryl methyl sites for hydroxylation is 1. The van der Waals surface area contributed by atoms with E-state index in [1.54, 1.807) is 11.3 Å². The summed E-state index contributed by atoms with van der Waals surface area (Å²) in [6.07, 6.45) is 0. The van der Waals surface area contributed by atoms with E-state index in [1.807, 2.05) is 37.3 Å². The van der Waals surface area contributed by atoms with Gasteiger partial charge in [0.2, 0.25) is 0 Å². The Balaban J connectivity index is 0.00000288. The van der Waals surface area contributed by atoms with Crippen molar-refractivity contribution in [3.05, 3.63) is 57.8 Å². The average Bonchev–Trinajstić information content (AvgIpc) is 2.99. The maximum atomic E-state index is 9.63. The number of hydrogen-bond acceptors (Lipinski definition) is 3. The summed E-state index contributed by atoms with van der Waals surface area (Å²) in [6, 6.07) is 14.3. The van der Waals surface area contributed by atoms with Crippen LogP contribution in [-0.2, 0) is 6.54 Å². The molecule has 24 heavy (non-hydrogen) atoms. The number of nitrogens with zero attached hydrogens (tertiary/aromatic N) is 1. The predicted octanol–water partition coefficient (Wildman–Crippen LogP) is 3.51. The van der Waals surface area contributed by atoms with Gasteiger partial charge in [-0.15, -0.1) is 35.3 Å². The van der Waals surface area contributed by atoms with Gasteiger partial charge in [-0.1, -0.05) is 30.3 Å². The van der Waals surface area contributed by atoms with E-state index >= 15 is 0 Å². The monoisotopic (exact) mass is 459 g/mol. The molecule has 1 atom stereocenters. The van der Waals surface area contributed by atoms with E-state index in [9.17, 15) is 5.11 Å². The molecule has 2 rings (SSSR count). The summed E-state index contributed by atoms with van der Waals surface area (Å²) in [4.78, 5) is 7.17. The zero-order valence-corrected chi connectivity index (χ0v) is 17.3. The molecule has 0 amide bonds. The highest BCUT2D eigenvalue weighted by Crippen LogP contribution is 2.16. The molecule has 0 saturated carbocycles. The highest BCUT2D eigenvalue weighted by molar-refractivity contribution is 14.0. The minimum Gasteiger partial charge on any atom is -0.396 e. The number of aliphatic hydroxyl groups is 1. The molecule has 0 saturated heterocycles. The molecular weight excluding hydrogens is 433 g/mol. The third-order valence-corrected chi connectivity index (χ3v) is 4.53. The Morgan fingerprint density at radius 3 is 2.50 bits per heavy atom. The first-order chi connectivity index (χ1) is 11.2. The molecule has 1 unspecified atom stereocenters. The fourth-order valence-electron chi connectivity index (χ4n) is 2.30. The zero-order chi connectivity index (χ0) is 16.5. The van der Waals surface area contributed by atoms with Crippen molar-refractivity contribution in [2.24, 2.45) is 4.99 Å². The number of nitrogens with one attached hydrogen (secondary N) is 2. The summed E-state index contributed by atoms with van der Waals surface area (Å²) < 4.78 is 0. The lowest BCUT2D eigenvalue weighted by Gasteiger charge is -2.18. The minimum absolute atomic E-state index is 0. The Bertz CT molecular complexity index is 616. The Morgan fingerprint density at radius 2 is 1.92 bits per heavy atom. The second-order valence-electron chi connectivity index (χ2n) is 5.38. The van der Waals surface area contributed by atoms with Crippen molar-refractivity contribution in [3.8, 4) is 0 Å². The summed E-state index contributed by atoms with van der Waals surface area (Å²) in [7, 11) is 0. The van der Waals surface area contributed by atoms with Crippen molar-refractivity contribution < 1.29 is 5.11 Å². The van der Waals surface area contributed by atoms with Gasteiger partial charge in [0.05, 0.1) is 13.2 Å². The lowest BCUT2D eigenvalue weighted by atomic mass is 10.0. The van der Waals surface area contributed by atoms with E-state index < -0.39 is 0 Å². The SMILES string of the molecule is CCNC(=NCc1ccc(C)s1)NCC(CO)c1ccccc1.I. The van der Waals surface area contributed by atoms with Gasteiger partial charge in [-0.2, -0.15) is 0 Å². The van der Waals surface area contributed by atoms with Gasteiger partial charge in [0.1, 0.15) is 0 Å². The fourth-order valence-corrected chi connectivity index (χ4v) is 3.12. The van der Waals surface area contributed by atoms with Crippen LogP contribution in [0.15, 0.2) is 47.5 Å². The van der Waals surface area contributed by atoms with Crippen LogP contribution in [0, 0.1) is 6.92 Å². The van der Waals surface area contributed by atoms with Gasteiger partial charge in [0.15, 0.2) is 5.96 Å². The van der Waals surface area contributed by atoms with Crippen molar-refractivity contribution in [1.82, 2.24) is 10.6 Å². The Labute approximate surface area is 165 Å². The molecule has 3 N–H and O–H groups in total. The summed E-state index contributed by atoms with van der Waals surface area (Å²) in [5.74, 6) is 0.844. The van der Waals surface area contributed by atoms with Crippen molar-refractivity contribution in [2.45, 2.75) is 26.3 Å². The summed E-state index contributed by atoms with van der Waals surface area (Å²) in [5, 5.41) is 16.2. The topological polar surface area (TPSA) is 56.7 Å². The molecule has 1 heterocycles. The van der Waals surface area contributed by atoms with E-state index in [0.29, 0.717) is 13.1 Å². The van der Waals surface area contributed by atoms with Crippen LogP contribution < -0.4 is 10.6 Å². The van der Waals surface area contributed by atoms with Gasteiger partial charge in [0.25, 0.3) is 0 Å². The first-order valence-electron chi connectivity index (χ1n) is 7.96. The first-order valence-corrected chi connectivity index (χ1v) is 8.78. The number of halogens is 1. The molecule has 0 fully saturated rings. The minimum atomic E-state index is 0. The molecule has 4 nitrogen and oxygen atoms in total. The summed E-state index contributed by atoms with van der Waals surface area (Å²) >= 11 is 1.77. The number of benzene rings is 1. The number of hydrogen-bond donors (Lipinski definition) is 3. The standard InChI is InChI=1S/C18H25N3OS.HI/c1-3-19-18(21-12-17-10-9-14(2)23-17)20-11-16(13-22)15-7-5-4-6-8-15;/h4-10,16,22H,3,11-13H2,1-2H3,(H2,19,20,21);1H. The highest BCUT2D eigenvalue weighted by Gasteiger charge is 2.10. The zero-order valence-electron chi connectivity index (χ0n) is 14.2. The Kier molecular flexibility index (Phi) is 9.97. The molecule has 0 spiro atoms. The molecule has 132 valence electrons. The van der Waals surface area contributed by atoms with Crippen LogP contribution in [0.1, 0.15) is 28.2 Å². The van der Waals surface area contributed by atoms with Crippen LogP contribution in [0.2, 0.25) is 0 Å². The number of guanidine groups is 1. The molecule has 1 aromatic carbocycles. The van der Waals surface area contributed by atoms with E-state index in [-0.39, 0.29) is 36.5 Å². The van der Waals surface area contributed by atoms with Crippen LogP contribution in [-0.4, -0.2) is 30.8 Å². The molecule has 0 aliphatic carbocycles. The molecule has 0 aliphatic rings. The largest absolute Gasteiger partial charge is 0.396 e. The molecular formula is C18H26IN3OS. The number of aliphatic imine (C=N–C) groups is 1. The fraction of sp³-hybridized carbons (Fsp3) is 0.389. The number of aliphatic hydroxyl groups excluding tert-OH is 1. The first kappa shape index (κ1) is 20.9. The predicted molar refractivity (Wildman–Crippen MR) is 114 cm³/mol. The van der Waals surface area contributed by atoms with Crippen molar-refractivity contribution >= 4 is 41.3 Å². The number of thiophene rings is 1. The molecule has 0 radical (unpaired) electrons. The van der Waals surface area contributed by atoms with Gasteiger partial charge in [-0.3, -0.25) is 0 Å². The van der Waals surface area contributed by atoms with Gasteiger partial charge in [-0.05, 0) is 31.5 Å². The smallest absolute Gasteiger partial charge is 0.191 e.